The lowest BCUT2D eigenvalue weighted by molar-refractivity contribution is -0.142. The summed E-state index contributed by atoms with van der Waals surface area (Å²) in [4.78, 5) is 28.7. The molecular formula is C20H27ClN2O3. The third kappa shape index (κ3) is 3.89. The Bertz CT molecular complexity index is 683. The minimum absolute atomic E-state index is 0.0158. The molecular weight excluding hydrogens is 352 g/mol. The number of hydrogen-bond acceptors (Lipinski definition) is 3. The van der Waals surface area contributed by atoms with E-state index in [2.05, 4.69) is 13.8 Å². The number of nitrogens with zero attached hydrogens (tertiary/aromatic N) is 2. The van der Waals surface area contributed by atoms with Crippen LogP contribution in [-0.4, -0.2) is 52.9 Å². The first-order chi connectivity index (χ1) is 12.3. The fourth-order valence-corrected chi connectivity index (χ4v) is 4.37. The van der Waals surface area contributed by atoms with Crippen LogP contribution in [0.5, 0.6) is 0 Å². The van der Waals surface area contributed by atoms with Gasteiger partial charge in [0.05, 0.1) is 0 Å². The first kappa shape index (κ1) is 19.2. The third-order valence-corrected chi connectivity index (χ3v) is 5.90. The number of likely N-dealkylation sites (tertiary alicyclic amines) is 2. The molecule has 0 unspecified atom stereocenters. The fourth-order valence-electron chi connectivity index (χ4n) is 4.13. The van der Waals surface area contributed by atoms with E-state index in [0.29, 0.717) is 36.0 Å². The first-order valence-corrected chi connectivity index (χ1v) is 9.68. The van der Waals surface area contributed by atoms with E-state index in [9.17, 15) is 14.7 Å². The van der Waals surface area contributed by atoms with Gasteiger partial charge in [-0.25, -0.2) is 0 Å². The number of rotatable bonds is 4. The van der Waals surface area contributed by atoms with Crippen LogP contribution in [0.25, 0.3) is 0 Å². The molecule has 0 aromatic heterocycles. The van der Waals surface area contributed by atoms with Crippen LogP contribution in [0.3, 0.4) is 0 Å². The van der Waals surface area contributed by atoms with E-state index in [-0.39, 0.29) is 17.2 Å². The number of hydrogen-bond donors (Lipinski definition) is 1. The van der Waals surface area contributed by atoms with Gasteiger partial charge in [-0.3, -0.25) is 9.59 Å². The number of amides is 2. The Morgan fingerprint density at radius 1 is 1.27 bits per heavy atom. The summed E-state index contributed by atoms with van der Waals surface area (Å²) in [5.41, 5.74) is 0.427. The van der Waals surface area contributed by atoms with Gasteiger partial charge in [0.15, 0.2) is 6.10 Å². The summed E-state index contributed by atoms with van der Waals surface area (Å²) in [7, 11) is 0. The highest BCUT2D eigenvalue weighted by Crippen LogP contribution is 2.41. The van der Waals surface area contributed by atoms with Gasteiger partial charge in [0.2, 0.25) is 5.91 Å². The molecule has 2 amide bonds. The topological polar surface area (TPSA) is 60.9 Å². The molecule has 1 spiro atoms. The maximum Gasteiger partial charge on any atom is 0.256 e. The van der Waals surface area contributed by atoms with Crippen LogP contribution in [0.15, 0.2) is 24.3 Å². The van der Waals surface area contributed by atoms with Gasteiger partial charge in [0, 0.05) is 48.6 Å². The Hall–Kier alpha value is -1.59. The largest absolute Gasteiger partial charge is 0.378 e. The van der Waals surface area contributed by atoms with Crippen molar-refractivity contribution in [2.75, 3.05) is 26.2 Å². The SMILES string of the molecule is CC(C)CN1CC2(CCN(C(=O)[C@@H](O)c3ccccc3Cl)CC2)CC1=O. The molecule has 6 heteroatoms. The van der Waals surface area contributed by atoms with Gasteiger partial charge in [0.1, 0.15) is 0 Å². The van der Waals surface area contributed by atoms with Crippen LogP contribution < -0.4 is 0 Å². The Labute approximate surface area is 159 Å². The van der Waals surface area contributed by atoms with E-state index in [4.69, 9.17) is 11.6 Å². The van der Waals surface area contributed by atoms with Gasteiger partial charge in [-0.05, 0) is 24.8 Å². The standard InChI is InChI=1S/C20H27ClN2O3/c1-14(2)12-23-13-20(11-17(23)24)7-9-22(10-8-20)19(26)18(25)15-5-3-4-6-16(15)21/h3-6,14,18,25H,7-13H2,1-2H3/t18-/m0/s1. The van der Waals surface area contributed by atoms with Crippen molar-refractivity contribution < 1.29 is 14.7 Å². The zero-order valence-corrected chi connectivity index (χ0v) is 16.2. The number of aliphatic hydroxyl groups is 1. The molecule has 2 aliphatic rings. The summed E-state index contributed by atoms with van der Waals surface area (Å²) < 4.78 is 0. The van der Waals surface area contributed by atoms with Gasteiger partial charge in [-0.1, -0.05) is 43.6 Å². The highest BCUT2D eigenvalue weighted by molar-refractivity contribution is 6.31. The monoisotopic (exact) mass is 378 g/mol. The van der Waals surface area contributed by atoms with Crippen LogP contribution in [-0.2, 0) is 9.59 Å². The highest BCUT2D eigenvalue weighted by Gasteiger charge is 2.45. The third-order valence-electron chi connectivity index (χ3n) is 5.56. The molecule has 0 bridgehead atoms. The summed E-state index contributed by atoms with van der Waals surface area (Å²) in [6.45, 7) is 6.98. The smallest absolute Gasteiger partial charge is 0.256 e. The van der Waals surface area contributed by atoms with E-state index in [1.165, 1.54) is 0 Å². The molecule has 1 aromatic rings. The van der Waals surface area contributed by atoms with Crippen molar-refractivity contribution in [2.24, 2.45) is 11.3 Å². The molecule has 0 aliphatic carbocycles. The summed E-state index contributed by atoms with van der Waals surface area (Å²) in [6.07, 6.45) is 0.942. The van der Waals surface area contributed by atoms with Crippen molar-refractivity contribution in [3.05, 3.63) is 34.9 Å². The second-order valence-electron chi connectivity index (χ2n) is 8.09. The maximum atomic E-state index is 12.7. The normalized spacial score (nSPS) is 20.9. The Kier molecular flexibility index (Phi) is 5.58. The second-order valence-corrected chi connectivity index (χ2v) is 8.50. The van der Waals surface area contributed by atoms with Gasteiger partial charge >= 0.3 is 0 Å². The predicted octanol–water partition coefficient (Wildman–Crippen LogP) is 2.87. The molecule has 142 valence electrons. The second kappa shape index (κ2) is 7.57. The van der Waals surface area contributed by atoms with Crippen molar-refractivity contribution in [2.45, 2.75) is 39.2 Å². The molecule has 2 saturated heterocycles. The summed E-state index contributed by atoms with van der Waals surface area (Å²) in [5, 5.41) is 10.8. The molecule has 2 fully saturated rings. The minimum atomic E-state index is -1.24. The van der Waals surface area contributed by atoms with Crippen molar-refractivity contribution in [1.82, 2.24) is 9.80 Å². The van der Waals surface area contributed by atoms with Crippen LogP contribution in [0.4, 0.5) is 0 Å². The number of piperidine rings is 1. The molecule has 0 radical (unpaired) electrons. The quantitative estimate of drug-likeness (QED) is 0.876. The summed E-state index contributed by atoms with van der Waals surface area (Å²) in [5.74, 6) is 0.382. The van der Waals surface area contributed by atoms with Crippen LogP contribution >= 0.6 is 11.6 Å². The van der Waals surface area contributed by atoms with Gasteiger partial charge in [-0.15, -0.1) is 0 Å². The number of aliphatic hydroxyl groups excluding tert-OH is 1. The first-order valence-electron chi connectivity index (χ1n) is 9.30. The number of halogens is 1. The molecule has 5 nitrogen and oxygen atoms in total. The molecule has 0 saturated carbocycles. The summed E-state index contributed by atoms with van der Waals surface area (Å²) in [6, 6.07) is 6.88. The number of benzene rings is 1. The molecule has 1 N–H and O–H groups in total. The van der Waals surface area contributed by atoms with E-state index in [0.717, 1.165) is 25.9 Å². The molecule has 1 aromatic carbocycles. The number of carbonyl (C=O) groups excluding carboxylic acids is 2. The maximum absolute atomic E-state index is 12.7. The van der Waals surface area contributed by atoms with E-state index in [1.807, 2.05) is 4.90 Å². The highest BCUT2D eigenvalue weighted by atomic mass is 35.5. The molecule has 1 atom stereocenters. The van der Waals surface area contributed by atoms with E-state index < -0.39 is 6.10 Å². The van der Waals surface area contributed by atoms with Crippen molar-refractivity contribution in [3.8, 4) is 0 Å². The average Bonchev–Trinajstić information content (AvgIpc) is 2.89. The zero-order chi connectivity index (χ0) is 18.9. The lowest BCUT2D eigenvalue weighted by Crippen LogP contribution is -2.46. The zero-order valence-electron chi connectivity index (χ0n) is 15.4. The molecule has 26 heavy (non-hydrogen) atoms. The molecule has 2 aliphatic heterocycles. The van der Waals surface area contributed by atoms with E-state index >= 15 is 0 Å². The Morgan fingerprint density at radius 2 is 1.92 bits per heavy atom. The Morgan fingerprint density at radius 3 is 2.54 bits per heavy atom. The predicted molar refractivity (Wildman–Crippen MR) is 101 cm³/mol. The van der Waals surface area contributed by atoms with Gasteiger partial charge < -0.3 is 14.9 Å². The van der Waals surface area contributed by atoms with Crippen molar-refractivity contribution in [1.29, 1.82) is 0 Å². The van der Waals surface area contributed by atoms with E-state index in [1.54, 1.807) is 29.2 Å². The average molecular weight is 379 g/mol. The number of carbonyl (C=O) groups is 2. The fraction of sp³-hybridized carbons (Fsp3) is 0.600. The van der Waals surface area contributed by atoms with Crippen LogP contribution in [0.2, 0.25) is 5.02 Å². The Balaban J connectivity index is 1.61. The van der Waals surface area contributed by atoms with Crippen LogP contribution in [0, 0.1) is 11.3 Å². The van der Waals surface area contributed by atoms with Crippen molar-refractivity contribution in [3.63, 3.8) is 0 Å². The lowest BCUT2D eigenvalue weighted by Gasteiger charge is -2.39. The molecule has 2 heterocycles. The van der Waals surface area contributed by atoms with Crippen molar-refractivity contribution >= 4 is 23.4 Å². The van der Waals surface area contributed by atoms with Gasteiger partial charge in [-0.2, -0.15) is 0 Å². The lowest BCUT2D eigenvalue weighted by atomic mass is 9.77. The minimum Gasteiger partial charge on any atom is -0.378 e. The van der Waals surface area contributed by atoms with Gasteiger partial charge in [0.25, 0.3) is 5.91 Å². The summed E-state index contributed by atoms with van der Waals surface area (Å²) >= 11 is 6.10. The molecule has 3 rings (SSSR count). The van der Waals surface area contributed by atoms with Crippen LogP contribution in [0.1, 0.15) is 44.8 Å².